The monoisotopic (exact) mass is 384 g/mol. The Morgan fingerprint density at radius 2 is 1.93 bits per heavy atom. The first kappa shape index (κ1) is 19.7. The number of ether oxygens (including phenoxy) is 1. The lowest BCUT2D eigenvalue weighted by molar-refractivity contribution is -0.115. The zero-order chi connectivity index (χ0) is 20.1. The van der Waals surface area contributed by atoms with Crippen LogP contribution in [-0.4, -0.2) is 31.1 Å². The molecule has 1 unspecified atom stereocenters. The van der Waals surface area contributed by atoms with Crippen molar-refractivity contribution in [2.45, 2.75) is 31.9 Å². The van der Waals surface area contributed by atoms with Crippen molar-refractivity contribution >= 4 is 17.6 Å². The van der Waals surface area contributed by atoms with Gasteiger partial charge in [0, 0.05) is 24.7 Å². The summed E-state index contributed by atoms with van der Waals surface area (Å²) in [4.78, 5) is 16.4. The van der Waals surface area contributed by atoms with Gasteiger partial charge in [0.2, 0.25) is 5.91 Å². The lowest BCUT2D eigenvalue weighted by Gasteiger charge is -2.38. The number of aliphatic imine (C=N–C) groups is 1. The first-order valence-electron chi connectivity index (χ1n) is 9.17. The lowest BCUT2D eigenvalue weighted by atomic mass is 9.90. The summed E-state index contributed by atoms with van der Waals surface area (Å²) in [5.74, 6) is 0.773. The van der Waals surface area contributed by atoms with Crippen LogP contribution in [0.15, 0.2) is 53.5 Å². The number of carbonyl (C=O) groups excluding carboxylic acids is 1. The van der Waals surface area contributed by atoms with Crippen molar-refractivity contribution in [1.82, 2.24) is 10.6 Å². The van der Waals surface area contributed by atoms with Crippen molar-refractivity contribution in [3.63, 3.8) is 0 Å². The molecule has 0 saturated carbocycles. The van der Waals surface area contributed by atoms with Crippen LogP contribution in [0, 0.1) is 5.82 Å². The molecule has 0 bridgehead atoms. The van der Waals surface area contributed by atoms with E-state index in [1.807, 2.05) is 38.1 Å². The number of para-hydroxylation sites is 1. The highest BCUT2D eigenvalue weighted by Gasteiger charge is 2.33. The maximum Gasteiger partial charge on any atom is 0.243 e. The van der Waals surface area contributed by atoms with Gasteiger partial charge in [0.15, 0.2) is 5.96 Å². The number of anilines is 1. The van der Waals surface area contributed by atoms with Crippen LogP contribution in [0.1, 0.15) is 31.9 Å². The molecular formula is C21H25FN4O2. The van der Waals surface area contributed by atoms with E-state index in [2.05, 4.69) is 20.9 Å². The van der Waals surface area contributed by atoms with E-state index < -0.39 is 0 Å². The molecule has 1 aliphatic rings. The van der Waals surface area contributed by atoms with Gasteiger partial charge in [0.25, 0.3) is 0 Å². The van der Waals surface area contributed by atoms with Gasteiger partial charge in [-0.25, -0.2) is 4.39 Å². The Balaban J connectivity index is 1.60. The topological polar surface area (TPSA) is 74.8 Å². The third kappa shape index (κ3) is 5.00. The smallest absolute Gasteiger partial charge is 0.243 e. The molecule has 2 aromatic rings. The average Bonchev–Trinajstić information content (AvgIpc) is 2.66. The number of nitrogens with one attached hydrogen (secondary N) is 3. The molecule has 1 heterocycles. The maximum atomic E-state index is 12.9. The van der Waals surface area contributed by atoms with E-state index in [4.69, 9.17) is 4.74 Å². The van der Waals surface area contributed by atoms with Crippen LogP contribution in [-0.2, 0) is 4.79 Å². The first-order valence-corrected chi connectivity index (χ1v) is 9.17. The summed E-state index contributed by atoms with van der Waals surface area (Å²) in [5, 5.41) is 9.10. The van der Waals surface area contributed by atoms with Gasteiger partial charge in [-0.2, -0.15) is 0 Å². The summed E-state index contributed by atoms with van der Waals surface area (Å²) in [5.41, 5.74) is 1.28. The standard InChI is InChI=1S/C21H25FN4O2/c1-21(2)12-17(16-6-4-5-7-18(16)28-21)26-20(23-3)24-13-19(27)25-15-10-8-14(22)9-11-15/h4-11,17H,12-13H2,1-3H3,(H,25,27)(H2,23,24,26). The van der Waals surface area contributed by atoms with Crippen molar-refractivity contribution in [2.24, 2.45) is 4.99 Å². The van der Waals surface area contributed by atoms with Gasteiger partial charge in [0.05, 0.1) is 12.6 Å². The Kier molecular flexibility index (Phi) is 5.82. The summed E-state index contributed by atoms with van der Waals surface area (Å²) < 4.78 is 19.0. The Morgan fingerprint density at radius 3 is 2.64 bits per heavy atom. The van der Waals surface area contributed by atoms with Crippen LogP contribution < -0.4 is 20.7 Å². The van der Waals surface area contributed by atoms with E-state index in [0.29, 0.717) is 11.6 Å². The van der Waals surface area contributed by atoms with E-state index in [0.717, 1.165) is 17.7 Å². The van der Waals surface area contributed by atoms with E-state index in [-0.39, 0.29) is 29.9 Å². The Labute approximate surface area is 164 Å². The quantitative estimate of drug-likeness (QED) is 0.559. The molecule has 0 radical (unpaired) electrons. The molecule has 28 heavy (non-hydrogen) atoms. The number of amides is 1. The fourth-order valence-corrected chi connectivity index (χ4v) is 3.19. The number of benzene rings is 2. The molecule has 148 valence electrons. The van der Waals surface area contributed by atoms with Gasteiger partial charge in [-0.15, -0.1) is 0 Å². The molecule has 1 amide bonds. The second-order valence-corrected chi connectivity index (χ2v) is 7.28. The second-order valence-electron chi connectivity index (χ2n) is 7.28. The minimum atomic E-state index is -0.347. The van der Waals surface area contributed by atoms with Crippen molar-refractivity contribution in [3.05, 3.63) is 59.9 Å². The van der Waals surface area contributed by atoms with Gasteiger partial charge in [0.1, 0.15) is 17.2 Å². The Morgan fingerprint density at radius 1 is 1.21 bits per heavy atom. The predicted molar refractivity (Wildman–Crippen MR) is 108 cm³/mol. The minimum absolute atomic E-state index is 0.00584. The van der Waals surface area contributed by atoms with Crippen LogP contribution in [0.5, 0.6) is 5.75 Å². The maximum absolute atomic E-state index is 12.9. The van der Waals surface area contributed by atoms with E-state index in [1.54, 1.807) is 7.05 Å². The van der Waals surface area contributed by atoms with Gasteiger partial charge in [-0.3, -0.25) is 9.79 Å². The predicted octanol–water partition coefficient (Wildman–Crippen LogP) is 3.23. The fraction of sp³-hybridized carbons (Fsp3) is 0.333. The molecule has 1 aliphatic heterocycles. The van der Waals surface area contributed by atoms with Gasteiger partial charge in [-0.1, -0.05) is 18.2 Å². The third-order valence-electron chi connectivity index (χ3n) is 4.46. The number of hydrogen-bond donors (Lipinski definition) is 3. The number of halogens is 1. The van der Waals surface area contributed by atoms with E-state index in [1.165, 1.54) is 24.3 Å². The summed E-state index contributed by atoms with van der Waals surface area (Å²) in [7, 11) is 1.66. The third-order valence-corrected chi connectivity index (χ3v) is 4.46. The summed E-state index contributed by atoms with van der Waals surface area (Å²) in [6, 6.07) is 13.5. The van der Waals surface area contributed by atoms with Crippen molar-refractivity contribution < 1.29 is 13.9 Å². The molecule has 3 N–H and O–H groups in total. The molecule has 7 heteroatoms. The molecular weight excluding hydrogens is 359 g/mol. The Bertz CT molecular complexity index is 865. The van der Waals surface area contributed by atoms with Gasteiger partial charge in [-0.05, 0) is 44.2 Å². The highest BCUT2D eigenvalue weighted by atomic mass is 19.1. The second kappa shape index (κ2) is 8.29. The molecule has 1 atom stereocenters. The number of guanidine groups is 1. The highest BCUT2D eigenvalue weighted by molar-refractivity contribution is 5.95. The molecule has 0 fully saturated rings. The van der Waals surface area contributed by atoms with Gasteiger partial charge < -0.3 is 20.7 Å². The number of rotatable bonds is 4. The summed E-state index contributed by atoms with van der Waals surface area (Å²) >= 11 is 0. The highest BCUT2D eigenvalue weighted by Crippen LogP contribution is 2.39. The van der Waals surface area contributed by atoms with Crippen LogP contribution in [0.2, 0.25) is 0 Å². The number of nitrogens with zero attached hydrogens (tertiary/aromatic N) is 1. The molecule has 0 aromatic heterocycles. The number of hydrogen-bond acceptors (Lipinski definition) is 3. The van der Waals surface area contributed by atoms with Crippen molar-refractivity contribution in [3.8, 4) is 5.75 Å². The average molecular weight is 384 g/mol. The largest absolute Gasteiger partial charge is 0.487 e. The molecule has 2 aromatic carbocycles. The Hall–Kier alpha value is -3.09. The van der Waals surface area contributed by atoms with Crippen molar-refractivity contribution in [1.29, 1.82) is 0 Å². The van der Waals surface area contributed by atoms with Gasteiger partial charge >= 0.3 is 0 Å². The minimum Gasteiger partial charge on any atom is -0.487 e. The van der Waals surface area contributed by atoms with Crippen LogP contribution >= 0.6 is 0 Å². The SMILES string of the molecule is CN=C(NCC(=O)Nc1ccc(F)cc1)NC1CC(C)(C)Oc2ccccc21. The van der Waals surface area contributed by atoms with E-state index in [9.17, 15) is 9.18 Å². The summed E-state index contributed by atoms with van der Waals surface area (Å²) in [6.07, 6.45) is 0.756. The van der Waals surface area contributed by atoms with Crippen LogP contribution in [0.3, 0.4) is 0 Å². The van der Waals surface area contributed by atoms with Crippen LogP contribution in [0.25, 0.3) is 0 Å². The molecule has 6 nitrogen and oxygen atoms in total. The molecule has 0 aliphatic carbocycles. The fourth-order valence-electron chi connectivity index (χ4n) is 3.19. The first-order chi connectivity index (χ1) is 13.4. The zero-order valence-electron chi connectivity index (χ0n) is 16.3. The molecule has 0 spiro atoms. The van der Waals surface area contributed by atoms with Crippen molar-refractivity contribution in [2.75, 3.05) is 18.9 Å². The normalized spacial score (nSPS) is 17.9. The number of fused-ring (bicyclic) bond motifs is 1. The van der Waals surface area contributed by atoms with E-state index >= 15 is 0 Å². The zero-order valence-corrected chi connectivity index (χ0v) is 16.3. The molecule has 0 saturated heterocycles. The lowest BCUT2D eigenvalue weighted by Crippen LogP contribution is -2.46. The number of carbonyl (C=O) groups is 1. The van der Waals surface area contributed by atoms with Crippen LogP contribution in [0.4, 0.5) is 10.1 Å². The molecule has 3 rings (SSSR count). The summed E-state index contributed by atoms with van der Waals surface area (Å²) in [6.45, 7) is 4.12.